The van der Waals surface area contributed by atoms with Crippen LogP contribution in [-0.4, -0.2) is 39.5 Å². The fourth-order valence-electron chi connectivity index (χ4n) is 3.70. The van der Waals surface area contributed by atoms with Gasteiger partial charge in [0.05, 0.1) is 12.7 Å². The smallest absolute Gasteiger partial charge is 0.0675 e. The highest BCUT2D eigenvalue weighted by molar-refractivity contribution is 5.19. The van der Waals surface area contributed by atoms with Crippen LogP contribution in [0.5, 0.6) is 0 Å². The van der Waals surface area contributed by atoms with Gasteiger partial charge in [0, 0.05) is 32.2 Å². The minimum atomic E-state index is 0.260. The zero-order valence-corrected chi connectivity index (χ0v) is 13.0. The summed E-state index contributed by atoms with van der Waals surface area (Å²) in [5, 5.41) is 3.60. The molecule has 2 atom stereocenters. The van der Waals surface area contributed by atoms with Crippen molar-refractivity contribution in [3.63, 3.8) is 0 Å². The summed E-state index contributed by atoms with van der Waals surface area (Å²) >= 11 is 0. The second-order valence-corrected chi connectivity index (χ2v) is 6.57. The number of ether oxygens (including phenoxy) is 2. The number of benzene rings is 1. The first kappa shape index (κ1) is 15.0. The molecule has 1 N–H and O–H groups in total. The summed E-state index contributed by atoms with van der Waals surface area (Å²) in [5.41, 5.74) is 1.69. The number of nitrogens with one attached hydrogen (secondary N) is 1. The van der Waals surface area contributed by atoms with E-state index in [1.54, 1.807) is 7.11 Å². The molecule has 2 fully saturated rings. The van der Waals surface area contributed by atoms with Crippen molar-refractivity contribution in [2.24, 2.45) is 11.3 Å². The lowest BCUT2D eigenvalue weighted by atomic mass is 9.74. The molecule has 0 spiro atoms. The molecule has 3 nitrogen and oxygen atoms in total. The first-order valence-corrected chi connectivity index (χ1v) is 8.19. The Bertz CT molecular complexity index is 432. The van der Waals surface area contributed by atoms with Crippen molar-refractivity contribution in [1.29, 1.82) is 0 Å². The van der Waals surface area contributed by atoms with Gasteiger partial charge in [-0.25, -0.2) is 0 Å². The van der Waals surface area contributed by atoms with Crippen LogP contribution in [0.4, 0.5) is 0 Å². The van der Waals surface area contributed by atoms with E-state index in [2.05, 4.69) is 35.6 Å². The molecule has 0 radical (unpaired) electrons. The molecular formula is C18H27NO2. The Balaban J connectivity index is 1.70. The van der Waals surface area contributed by atoms with Crippen LogP contribution in [-0.2, 0) is 15.9 Å². The highest BCUT2D eigenvalue weighted by Crippen LogP contribution is 2.49. The van der Waals surface area contributed by atoms with Gasteiger partial charge in [-0.2, -0.15) is 0 Å². The average molecular weight is 289 g/mol. The van der Waals surface area contributed by atoms with Gasteiger partial charge in [0.25, 0.3) is 0 Å². The first-order valence-electron chi connectivity index (χ1n) is 8.19. The van der Waals surface area contributed by atoms with E-state index in [1.807, 2.05) is 0 Å². The Kier molecular flexibility index (Phi) is 4.94. The summed E-state index contributed by atoms with van der Waals surface area (Å²) in [6.07, 6.45) is 5.42. The van der Waals surface area contributed by atoms with Crippen LogP contribution in [0.1, 0.15) is 24.8 Å². The molecule has 21 heavy (non-hydrogen) atoms. The minimum Gasteiger partial charge on any atom is -0.383 e. The van der Waals surface area contributed by atoms with Gasteiger partial charge in [-0.1, -0.05) is 30.3 Å². The molecule has 3 heteroatoms. The van der Waals surface area contributed by atoms with E-state index >= 15 is 0 Å². The van der Waals surface area contributed by atoms with Gasteiger partial charge in [-0.3, -0.25) is 0 Å². The van der Waals surface area contributed by atoms with Crippen molar-refractivity contribution >= 4 is 0 Å². The van der Waals surface area contributed by atoms with Crippen molar-refractivity contribution < 1.29 is 9.47 Å². The van der Waals surface area contributed by atoms with Gasteiger partial charge in [0.15, 0.2) is 0 Å². The van der Waals surface area contributed by atoms with Crippen LogP contribution in [0.3, 0.4) is 0 Å². The van der Waals surface area contributed by atoms with Crippen LogP contribution in [0.15, 0.2) is 30.3 Å². The lowest BCUT2D eigenvalue weighted by Crippen LogP contribution is -2.44. The minimum absolute atomic E-state index is 0.260. The maximum absolute atomic E-state index is 6.15. The van der Waals surface area contributed by atoms with Gasteiger partial charge in [0.1, 0.15) is 0 Å². The van der Waals surface area contributed by atoms with Gasteiger partial charge < -0.3 is 14.8 Å². The molecule has 2 unspecified atom stereocenters. The molecule has 0 bridgehead atoms. The molecule has 1 aromatic rings. The van der Waals surface area contributed by atoms with Crippen LogP contribution in [0, 0.1) is 11.3 Å². The largest absolute Gasteiger partial charge is 0.383 e. The normalized spacial score (nSPS) is 28.9. The average Bonchev–Trinajstić information content (AvgIpc) is 3.27. The van der Waals surface area contributed by atoms with Gasteiger partial charge >= 0.3 is 0 Å². The summed E-state index contributed by atoms with van der Waals surface area (Å²) in [7, 11) is 1.76. The quantitative estimate of drug-likeness (QED) is 0.746. The van der Waals surface area contributed by atoms with E-state index in [9.17, 15) is 0 Å². The Labute approximate surface area is 128 Å². The summed E-state index contributed by atoms with van der Waals surface area (Å²) < 4.78 is 11.3. The van der Waals surface area contributed by atoms with Crippen molar-refractivity contribution in [3.05, 3.63) is 35.9 Å². The molecule has 3 rings (SSSR count). The fourth-order valence-corrected chi connectivity index (χ4v) is 3.70. The maximum Gasteiger partial charge on any atom is 0.0675 e. The van der Waals surface area contributed by atoms with Crippen LogP contribution < -0.4 is 5.32 Å². The van der Waals surface area contributed by atoms with E-state index in [0.29, 0.717) is 6.10 Å². The van der Waals surface area contributed by atoms with Crippen molar-refractivity contribution in [2.45, 2.75) is 31.8 Å². The van der Waals surface area contributed by atoms with Crippen LogP contribution in [0.25, 0.3) is 0 Å². The molecule has 2 aliphatic rings. The number of hydrogen-bond acceptors (Lipinski definition) is 3. The fraction of sp³-hybridized carbons (Fsp3) is 0.667. The van der Waals surface area contributed by atoms with E-state index in [4.69, 9.17) is 9.47 Å². The molecule has 1 saturated heterocycles. The molecule has 1 aliphatic carbocycles. The molecule has 1 saturated carbocycles. The van der Waals surface area contributed by atoms with E-state index in [-0.39, 0.29) is 5.41 Å². The summed E-state index contributed by atoms with van der Waals surface area (Å²) in [6, 6.07) is 10.9. The van der Waals surface area contributed by atoms with E-state index < -0.39 is 0 Å². The maximum atomic E-state index is 6.15. The van der Waals surface area contributed by atoms with E-state index in [0.717, 1.165) is 38.6 Å². The number of rotatable bonds is 8. The molecule has 1 heterocycles. The van der Waals surface area contributed by atoms with E-state index in [1.165, 1.54) is 24.8 Å². The lowest BCUT2D eigenvalue weighted by molar-refractivity contribution is 0.0300. The van der Waals surface area contributed by atoms with Crippen LogP contribution >= 0.6 is 0 Å². The molecule has 1 aromatic carbocycles. The zero-order chi connectivity index (χ0) is 14.5. The predicted molar refractivity (Wildman–Crippen MR) is 84.4 cm³/mol. The Morgan fingerprint density at radius 3 is 2.81 bits per heavy atom. The van der Waals surface area contributed by atoms with Gasteiger partial charge in [0.2, 0.25) is 0 Å². The van der Waals surface area contributed by atoms with Crippen molar-refractivity contribution in [2.75, 3.05) is 33.4 Å². The SMILES string of the molecule is COCCNCC1(Cc2ccccc2)CCOC1C1CC1. The zero-order valence-electron chi connectivity index (χ0n) is 13.0. The number of hydrogen-bond donors (Lipinski definition) is 1. The Hall–Kier alpha value is -0.900. The molecule has 1 aliphatic heterocycles. The Morgan fingerprint density at radius 2 is 2.10 bits per heavy atom. The lowest BCUT2D eigenvalue weighted by Gasteiger charge is -2.35. The third kappa shape index (κ3) is 3.65. The molecule has 0 amide bonds. The summed E-state index contributed by atoms with van der Waals surface area (Å²) in [6.45, 7) is 3.65. The third-order valence-corrected chi connectivity index (χ3v) is 4.91. The molecule has 0 aromatic heterocycles. The summed E-state index contributed by atoms with van der Waals surface area (Å²) in [4.78, 5) is 0. The van der Waals surface area contributed by atoms with Crippen molar-refractivity contribution in [1.82, 2.24) is 5.32 Å². The topological polar surface area (TPSA) is 30.5 Å². The highest BCUT2D eigenvalue weighted by atomic mass is 16.5. The van der Waals surface area contributed by atoms with Gasteiger partial charge in [-0.05, 0) is 37.2 Å². The van der Waals surface area contributed by atoms with Crippen LogP contribution in [0.2, 0.25) is 0 Å². The molecule has 116 valence electrons. The highest BCUT2D eigenvalue weighted by Gasteiger charge is 2.50. The van der Waals surface area contributed by atoms with Crippen molar-refractivity contribution in [3.8, 4) is 0 Å². The first-order chi connectivity index (χ1) is 10.3. The third-order valence-electron chi connectivity index (χ3n) is 4.91. The summed E-state index contributed by atoms with van der Waals surface area (Å²) in [5.74, 6) is 0.792. The standard InChI is InChI=1S/C18H27NO2/c1-20-12-10-19-14-18(13-15-5-3-2-4-6-15)9-11-21-17(18)16-7-8-16/h2-6,16-17,19H,7-14H2,1H3. The Morgan fingerprint density at radius 1 is 1.29 bits per heavy atom. The number of methoxy groups -OCH3 is 1. The monoisotopic (exact) mass is 289 g/mol. The molecular weight excluding hydrogens is 262 g/mol. The predicted octanol–water partition coefficient (Wildman–Crippen LogP) is 2.65. The second kappa shape index (κ2) is 6.91. The second-order valence-electron chi connectivity index (χ2n) is 6.57. The van der Waals surface area contributed by atoms with Gasteiger partial charge in [-0.15, -0.1) is 0 Å².